The van der Waals surface area contributed by atoms with E-state index in [0.29, 0.717) is 6.61 Å². The van der Waals surface area contributed by atoms with Crippen molar-refractivity contribution in [1.29, 1.82) is 0 Å². The zero-order valence-corrected chi connectivity index (χ0v) is 16.4. The van der Waals surface area contributed by atoms with Crippen LogP contribution in [0.3, 0.4) is 0 Å². The predicted molar refractivity (Wildman–Crippen MR) is 110 cm³/mol. The largest absolute Gasteiger partial charge is 0.481 e. The number of aliphatic carboxylic acids is 1. The van der Waals surface area contributed by atoms with Gasteiger partial charge in [0.25, 0.3) is 0 Å². The van der Waals surface area contributed by atoms with Gasteiger partial charge < -0.3 is 14.7 Å². The summed E-state index contributed by atoms with van der Waals surface area (Å²) in [6, 6.07) is 20.7. The van der Waals surface area contributed by atoms with Gasteiger partial charge in [0, 0.05) is 39.1 Å². The molecule has 0 aliphatic carbocycles. The maximum absolute atomic E-state index is 10.6. The van der Waals surface area contributed by atoms with Gasteiger partial charge in [-0.25, -0.2) is 0 Å². The van der Waals surface area contributed by atoms with Crippen LogP contribution >= 0.6 is 0 Å². The maximum Gasteiger partial charge on any atom is 0.303 e. The van der Waals surface area contributed by atoms with E-state index in [4.69, 9.17) is 9.84 Å². The lowest BCUT2D eigenvalue weighted by molar-refractivity contribution is -0.137. The monoisotopic (exact) mass is 382 g/mol. The standard InChI is InChI=1S/C23H30N2O3/c26-22(27)12-7-13-24-14-16-25(17-15-24)18-19-28-23(20-8-3-1-4-9-20)21-10-5-2-6-11-21/h1-6,8-11,23H,7,12-19H2,(H,26,27). The lowest BCUT2D eigenvalue weighted by atomic mass is 10.0. The first kappa shape index (κ1) is 20.5. The first-order chi connectivity index (χ1) is 13.7. The number of carboxylic acid groups (broad SMARTS) is 1. The van der Waals surface area contributed by atoms with Gasteiger partial charge in [-0.3, -0.25) is 9.69 Å². The molecule has 150 valence electrons. The van der Waals surface area contributed by atoms with Crippen molar-refractivity contribution in [3.63, 3.8) is 0 Å². The van der Waals surface area contributed by atoms with Crippen LogP contribution in [-0.2, 0) is 9.53 Å². The summed E-state index contributed by atoms with van der Waals surface area (Å²) in [5.74, 6) is -0.706. The van der Waals surface area contributed by atoms with Crippen molar-refractivity contribution >= 4 is 5.97 Å². The van der Waals surface area contributed by atoms with Crippen LogP contribution in [0.4, 0.5) is 0 Å². The molecular formula is C23H30N2O3. The summed E-state index contributed by atoms with van der Waals surface area (Å²) < 4.78 is 6.31. The Morgan fingerprint density at radius 3 is 1.86 bits per heavy atom. The van der Waals surface area contributed by atoms with E-state index in [-0.39, 0.29) is 12.5 Å². The maximum atomic E-state index is 10.6. The Bertz CT molecular complexity index is 661. The summed E-state index contributed by atoms with van der Waals surface area (Å²) in [6.07, 6.45) is 0.947. The number of piperazine rings is 1. The summed E-state index contributed by atoms with van der Waals surface area (Å²) in [4.78, 5) is 15.4. The van der Waals surface area contributed by atoms with Crippen molar-refractivity contribution in [3.05, 3.63) is 71.8 Å². The van der Waals surface area contributed by atoms with Crippen molar-refractivity contribution in [2.75, 3.05) is 45.9 Å². The highest BCUT2D eigenvalue weighted by Gasteiger charge is 2.18. The van der Waals surface area contributed by atoms with Gasteiger partial charge in [-0.05, 0) is 24.1 Å². The number of carbonyl (C=O) groups is 1. The SMILES string of the molecule is O=C(O)CCCN1CCN(CCOC(c2ccccc2)c2ccccc2)CC1. The highest BCUT2D eigenvalue weighted by Crippen LogP contribution is 2.25. The fraction of sp³-hybridized carbons (Fsp3) is 0.435. The summed E-state index contributed by atoms with van der Waals surface area (Å²) >= 11 is 0. The molecule has 1 N–H and O–H groups in total. The number of rotatable bonds is 10. The quantitative estimate of drug-likeness (QED) is 0.683. The molecule has 5 nitrogen and oxygen atoms in total. The summed E-state index contributed by atoms with van der Waals surface area (Å²) in [7, 11) is 0. The van der Waals surface area contributed by atoms with Gasteiger partial charge in [-0.2, -0.15) is 0 Å². The number of nitrogens with zero attached hydrogens (tertiary/aromatic N) is 2. The van der Waals surface area contributed by atoms with Gasteiger partial charge in [0.2, 0.25) is 0 Å². The molecular weight excluding hydrogens is 352 g/mol. The van der Waals surface area contributed by atoms with Gasteiger partial charge in [-0.1, -0.05) is 60.7 Å². The van der Waals surface area contributed by atoms with E-state index in [1.165, 1.54) is 11.1 Å². The Morgan fingerprint density at radius 1 is 0.857 bits per heavy atom. The van der Waals surface area contributed by atoms with Crippen molar-refractivity contribution in [3.8, 4) is 0 Å². The van der Waals surface area contributed by atoms with E-state index in [2.05, 4.69) is 58.3 Å². The second-order valence-electron chi connectivity index (χ2n) is 7.25. The number of hydrogen-bond acceptors (Lipinski definition) is 4. The Morgan fingerprint density at radius 2 is 1.36 bits per heavy atom. The smallest absolute Gasteiger partial charge is 0.303 e. The van der Waals surface area contributed by atoms with E-state index in [9.17, 15) is 4.79 Å². The van der Waals surface area contributed by atoms with Crippen LogP contribution in [-0.4, -0.2) is 66.8 Å². The Labute approximate surface area is 167 Å². The number of hydrogen-bond donors (Lipinski definition) is 1. The molecule has 0 bridgehead atoms. The molecule has 0 atom stereocenters. The number of benzene rings is 2. The third-order valence-electron chi connectivity index (χ3n) is 5.23. The fourth-order valence-corrected chi connectivity index (χ4v) is 3.63. The summed E-state index contributed by atoms with van der Waals surface area (Å²) in [5, 5.41) is 8.75. The van der Waals surface area contributed by atoms with Gasteiger partial charge in [0.05, 0.1) is 6.61 Å². The van der Waals surface area contributed by atoms with Crippen LogP contribution < -0.4 is 0 Å². The lowest BCUT2D eigenvalue weighted by Gasteiger charge is -2.34. The van der Waals surface area contributed by atoms with E-state index in [1.54, 1.807) is 0 Å². The molecule has 2 aromatic carbocycles. The molecule has 1 aliphatic heterocycles. The molecule has 0 spiro atoms. The minimum absolute atomic E-state index is 0.0419. The Balaban J connectivity index is 1.45. The third kappa shape index (κ3) is 6.44. The van der Waals surface area contributed by atoms with Crippen LogP contribution in [0.25, 0.3) is 0 Å². The van der Waals surface area contributed by atoms with Crippen LogP contribution in [0.2, 0.25) is 0 Å². The highest BCUT2D eigenvalue weighted by atomic mass is 16.5. The van der Waals surface area contributed by atoms with Gasteiger partial charge >= 0.3 is 5.97 Å². The summed E-state index contributed by atoms with van der Waals surface area (Å²) in [5.41, 5.74) is 2.36. The third-order valence-corrected chi connectivity index (χ3v) is 5.23. The highest BCUT2D eigenvalue weighted by molar-refractivity contribution is 5.66. The van der Waals surface area contributed by atoms with Crippen LogP contribution in [0.15, 0.2) is 60.7 Å². The van der Waals surface area contributed by atoms with Crippen molar-refractivity contribution < 1.29 is 14.6 Å². The van der Waals surface area contributed by atoms with Gasteiger partial charge in [0.15, 0.2) is 0 Å². The molecule has 0 aromatic heterocycles. The van der Waals surface area contributed by atoms with Crippen LogP contribution in [0.5, 0.6) is 0 Å². The fourth-order valence-electron chi connectivity index (χ4n) is 3.63. The first-order valence-corrected chi connectivity index (χ1v) is 10.1. The van der Waals surface area contributed by atoms with Crippen molar-refractivity contribution in [2.45, 2.75) is 18.9 Å². The second kappa shape index (κ2) is 11.0. The zero-order chi connectivity index (χ0) is 19.6. The van der Waals surface area contributed by atoms with E-state index >= 15 is 0 Å². The Kier molecular flexibility index (Phi) is 8.03. The molecule has 0 unspecified atom stereocenters. The molecule has 2 aromatic rings. The van der Waals surface area contributed by atoms with E-state index in [0.717, 1.165) is 45.7 Å². The molecule has 1 aliphatic rings. The topological polar surface area (TPSA) is 53.0 Å². The molecule has 5 heteroatoms. The van der Waals surface area contributed by atoms with Gasteiger partial charge in [-0.15, -0.1) is 0 Å². The summed E-state index contributed by atoms with van der Waals surface area (Å²) in [6.45, 7) is 6.50. The normalized spacial score (nSPS) is 15.8. The molecule has 1 saturated heterocycles. The molecule has 0 saturated carbocycles. The van der Waals surface area contributed by atoms with Crippen molar-refractivity contribution in [2.24, 2.45) is 0 Å². The zero-order valence-electron chi connectivity index (χ0n) is 16.4. The Hall–Kier alpha value is -2.21. The van der Waals surface area contributed by atoms with Crippen LogP contribution in [0, 0.1) is 0 Å². The molecule has 0 amide bonds. The lowest BCUT2D eigenvalue weighted by Crippen LogP contribution is -2.47. The first-order valence-electron chi connectivity index (χ1n) is 10.1. The average molecular weight is 383 g/mol. The molecule has 1 heterocycles. The van der Waals surface area contributed by atoms with E-state index in [1.807, 2.05) is 12.1 Å². The second-order valence-corrected chi connectivity index (χ2v) is 7.25. The average Bonchev–Trinajstić information content (AvgIpc) is 2.73. The molecule has 3 rings (SSSR count). The minimum Gasteiger partial charge on any atom is -0.481 e. The molecule has 1 fully saturated rings. The number of carboxylic acids is 1. The van der Waals surface area contributed by atoms with Crippen LogP contribution in [0.1, 0.15) is 30.1 Å². The van der Waals surface area contributed by atoms with E-state index < -0.39 is 5.97 Å². The molecule has 0 radical (unpaired) electrons. The predicted octanol–water partition coefficient (Wildman–Crippen LogP) is 3.28. The number of ether oxygens (including phenoxy) is 1. The molecule has 28 heavy (non-hydrogen) atoms. The van der Waals surface area contributed by atoms with Gasteiger partial charge in [0.1, 0.15) is 6.10 Å². The minimum atomic E-state index is -0.706. The van der Waals surface area contributed by atoms with Crippen molar-refractivity contribution in [1.82, 2.24) is 9.80 Å².